The Morgan fingerprint density at radius 3 is 2.33 bits per heavy atom. The Kier molecular flexibility index (Phi) is 4.98. The van der Waals surface area contributed by atoms with Gasteiger partial charge in [0, 0.05) is 5.88 Å². The molecule has 0 spiro atoms. The van der Waals surface area contributed by atoms with E-state index in [9.17, 15) is 0 Å². The van der Waals surface area contributed by atoms with E-state index in [4.69, 9.17) is 16.7 Å². The third-order valence-electron chi connectivity index (χ3n) is 0.361. The summed E-state index contributed by atoms with van der Waals surface area (Å²) in [6.07, 6.45) is 3.30. The van der Waals surface area contributed by atoms with E-state index < -0.39 is 0 Å². The molecule has 1 N–H and O–H groups in total. The van der Waals surface area contributed by atoms with Crippen molar-refractivity contribution >= 4 is 11.6 Å². The highest BCUT2D eigenvalue weighted by Gasteiger charge is 1.62. The minimum Gasteiger partial charge on any atom is -0.392 e. The second-order valence-electron chi connectivity index (χ2n) is 0.808. The summed E-state index contributed by atoms with van der Waals surface area (Å²) in [7, 11) is 0. The molecule has 0 fully saturated rings. The van der Waals surface area contributed by atoms with Gasteiger partial charge in [0.1, 0.15) is 0 Å². The van der Waals surface area contributed by atoms with Gasteiger partial charge in [-0.25, -0.2) is 0 Å². The van der Waals surface area contributed by atoms with Crippen molar-refractivity contribution < 1.29 is 5.11 Å². The number of rotatable bonds is 2. The Morgan fingerprint density at radius 1 is 1.50 bits per heavy atom. The predicted octanol–water partition coefficient (Wildman–Crippen LogP) is 0.774. The summed E-state index contributed by atoms with van der Waals surface area (Å²) in [5.41, 5.74) is 0. The molecule has 6 heavy (non-hydrogen) atoms. The number of alkyl halides is 1. The van der Waals surface area contributed by atoms with Gasteiger partial charge in [0.2, 0.25) is 0 Å². The van der Waals surface area contributed by atoms with Gasteiger partial charge in [-0.3, -0.25) is 0 Å². The summed E-state index contributed by atoms with van der Waals surface area (Å²) < 4.78 is 0. The van der Waals surface area contributed by atoms with Gasteiger partial charge in [0.25, 0.3) is 0 Å². The maximum Gasteiger partial charge on any atom is 0.0612 e. The third-order valence-corrected chi connectivity index (χ3v) is 0.539. The maximum atomic E-state index is 8.05. The Morgan fingerprint density at radius 2 is 2.17 bits per heavy atom. The molecule has 0 radical (unpaired) electrons. The fourth-order valence-electron chi connectivity index (χ4n) is 0.138. The lowest BCUT2D eigenvalue weighted by Gasteiger charge is -1.71. The largest absolute Gasteiger partial charge is 0.392 e. The molecule has 0 saturated heterocycles. The highest BCUT2D eigenvalue weighted by Crippen LogP contribution is 1.74. The van der Waals surface area contributed by atoms with E-state index in [1.54, 1.807) is 12.2 Å². The summed E-state index contributed by atoms with van der Waals surface area (Å²) in [4.78, 5) is 0. The first-order valence-corrected chi connectivity index (χ1v) is 2.27. The molecule has 0 aliphatic carbocycles. The molecule has 0 aliphatic heterocycles. The van der Waals surface area contributed by atoms with Crippen LogP contribution in [-0.2, 0) is 0 Å². The summed E-state index contributed by atoms with van der Waals surface area (Å²) in [5, 5.41) is 8.05. The van der Waals surface area contributed by atoms with Gasteiger partial charge in [0.15, 0.2) is 0 Å². The number of allylic oxidation sites excluding steroid dienone is 1. The molecule has 0 bridgehead atoms. The Balaban J connectivity index is 2.73. The molecule has 0 atom stereocenters. The van der Waals surface area contributed by atoms with Crippen LogP contribution in [0.4, 0.5) is 0 Å². The minimum absolute atomic E-state index is 0.0900. The lowest BCUT2D eigenvalue weighted by Crippen LogP contribution is -1.69. The van der Waals surface area contributed by atoms with Crippen LogP contribution < -0.4 is 0 Å². The number of hydrogen-bond acceptors (Lipinski definition) is 1. The zero-order chi connectivity index (χ0) is 4.83. The van der Waals surface area contributed by atoms with Crippen LogP contribution in [0.1, 0.15) is 0 Å². The first-order valence-electron chi connectivity index (χ1n) is 1.73. The smallest absolute Gasteiger partial charge is 0.0612 e. The number of aliphatic hydroxyl groups is 1. The van der Waals surface area contributed by atoms with E-state index >= 15 is 0 Å². The van der Waals surface area contributed by atoms with E-state index in [0.717, 1.165) is 0 Å². The van der Waals surface area contributed by atoms with Crippen molar-refractivity contribution in [1.82, 2.24) is 0 Å². The molecule has 0 amide bonds. The molecule has 0 unspecified atom stereocenters. The molecule has 0 aromatic carbocycles. The molecule has 0 aromatic heterocycles. The van der Waals surface area contributed by atoms with Gasteiger partial charge in [-0.2, -0.15) is 0 Å². The van der Waals surface area contributed by atoms with Crippen LogP contribution in [0.15, 0.2) is 12.2 Å². The molecule has 36 valence electrons. The van der Waals surface area contributed by atoms with E-state index in [0.29, 0.717) is 5.88 Å². The molecule has 0 rings (SSSR count). The first-order chi connectivity index (χ1) is 2.91. The Bertz CT molecular complexity index is 36.8. The first kappa shape index (κ1) is 5.99. The van der Waals surface area contributed by atoms with E-state index in [1.807, 2.05) is 0 Å². The summed E-state index contributed by atoms with van der Waals surface area (Å²) in [6.45, 7) is 0.0900. The van der Waals surface area contributed by atoms with Gasteiger partial charge in [-0.1, -0.05) is 12.2 Å². The number of hydrogen-bond donors (Lipinski definition) is 1. The third kappa shape index (κ3) is 3.99. The minimum atomic E-state index is 0.0900. The van der Waals surface area contributed by atoms with Crippen molar-refractivity contribution in [1.29, 1.82) is 0 Å². The summed E-state index contributed by atoms with van der Waals surface area (Å²) in [5.74, 6) is 0.487. The average Bonchev–Trinajstić information content (AvgIpc) is 1.61. The Labute approximate surface area is 42.2 Å². The molecule has 0 saturated carbocycles. The summed E-state index contributed by atoms with van der Waals surface area (Å²) in [6, 6.07) is 0. The fraction of sp³-hybridized carbons (Fsp3) is 0.500. The molecule has 0 aromatic rings. The van der Waals surface area contributed by atoms with Gasteiger partial charge >= 0.3 is 0 Å². The number of aliphatic hydroxyl groups excluding tert-OH is 1. The van der Waals surface area contributed by atoms with Crippen molar-refractivity contribution in [2.75, 3.05) is 12.5 Å². The van der Waals surface area contributed by atoms with Crippen molar-refractivity contribution in [2.24, 2.45) is 0 Å². The molecule has 1 nitrogen and oxygen atoms in total. The predicted molar refractivity (Wildman–Crippen MR) is 26.9 cm³/mol. The van der Waals surface area contributed by atoms with Crippen LogP contribution >= 0.6 is 11.6 Å². The lowest BCUT2D eigenvalue weighted by molar-refractivity contribution is 0.342. The topological polar surface area (TPSA) is 20.2 Å². The van der Waals surface area contributed by atoms with E-state index in [1.165, 1.54) is 0 Å². The molecular formula is C4H7ClO. The van der Waals surface area contributed by atoms with E-state index in [-0.39, 0.29) is 6.61 Å². The van der Waals surface area contributed by atoms with E-state index in [2.05, 4.69) is 0 Å². The van der Waals surface area contributed by atoms with Crippen LogP contribution in [0.25, 0.3) is 0 Å². The van der Waals surface area contributed by atoms with Gasteiger partial charge in [0.05, 0.1) is 6.61 Å². The monoisotopic (exact) mass is 106 g/mol. The standard InChI is InChI=1S/C4H7ClO/c5-3-1-2-4-6/h1-2,6H,3-4H2/b2-1+. The zero-order valence-corrected chi connectivity index (χ0v) is 4.15. The second-order valence-corrected chi connectivity index (χ2v) is 1.12. The van der Waals surface area contributed by atoms with Crippen LogP contribution in [0.2, 0.25) is 0 Å². The van der Waals surface area contributed by atoms with Crippen molar-refractivity contribution in [2.45, 2.75) is 0 Å². The quantitative estimate of drug-likeness (QED) is 0.407. The van der Waals surface area contributed by atoms with Gasteiger partial charge in [-0.15, -0.1) is 11.6 Å². The lowest BCUT2D eigenvalue weighted by atomic mass is 10.6. The number of halogens is 1. The van der Waals surface area contributed by atoms with Gasteiger partial charge < -0.3 is 5.11 Å². The van der Waals surface area contributed by atoms with Crippen molar-refractivity contribution in [3.8, 4) is 0 Å². The van der Waals surface area contributed by atoms with Crippen molar-refractivity contribution in [3.63, 3.8) is 0 Å². The van der Waals surface area contributed by atoms with Crippen LogP contribution in [-0.4, -0.2) is 17.6 Å². The normalized spacial score (nSPS) is 10.3. The SMILES string of the molecule is OC/C=C/CCl. The molecule has 0 aliphatic rings. The van der Waals surface area contributed by atoms with Crippen LogP contribution in [0.5, 0.6) is 0 Å². The average molecular weight is 107 g/mol. The zero-order valence-electron chi connectivity index (χ0n) is 3.39. The fourth-order valence-corrected chi connectivity index (χ4v) is 0.264. The van der Waals surface area contributed by atoms with Crippen molar-refractivity contribution in [3.05, 3.63) is 12.2 Å². The van der Waals surface area contributed by atoms with Crippen LogP contribution in [0.3, 0.4) is 0 Å². The Hall–Kier alpha value is -0.0100. The second kappa shape index (κ2) is 4.99. The maximum absolute atomic E-state index is 8.05. The molecule has 0 heterocycles. The van der Waals surface area contributed by atoms with Crippen LogP contribution in [0, 0.1) is 0 Å². The highest BCUT2D eigenvalue weighted by molar-refractivity contribution is 6.18. The highest BCUT2D eigenvalue weighted by atomic mass is 35.5. The summed E-state index contributed by atoms with van der Waals surface area (Å²) >= 11 is 5.18. The van der Waals surface area contributed by atoms with Gasteiger partial charge in [-0.05, 0) is 0 Å². The molecule has 2 heteroatoms. The molecular weight excluding hydrogens is 99.5 g/mol.